The number of hydrogen-bond donors (Lipinski definition) is 1. The van der Waals surface area contributed by atoms with Crippen LogP contribution in [0.3, 0.4) is 0 Å². The lowest BCUT2D eigenvalue weighted by molar-refractivity contribution is 0.459. The van der Waals surface area contributed by atoms with Gasteiger partial charge in [-0.05, 0) is 25.8 Å². The Morgan fingerprint density at radius 2 is 1.62 bits per heavy atom. The Bertz CT molecular complexity index is 107. The molecule has 1 atom stereocenters. The molecule has 1 aliphatic carbocycles. The molecule has 1 aliphatic rings. The molecular formula is C7H15N. The number of rotatable bonds is 1. The van der Waals surface area contributed by atoms with E-state index in [0.717, 1.165) is 0 Å². The van der Waals surface area contributed by atoms with Gasteiger partial charge in [0.25, 0.3) is 0 Å². The van der Waals surface area contributed by atoms with Crippen molar-refractivity contribution in [2.45, 2.75) is 32.7 Å². The van der Waals surface area contributed by atoms with Gasteiger partial charge in [-0.15, -0.1) is 0 Å². The van der Waals surface area contributed by atoms with E-state index in [0.29, 0.717) is 11.0 Å². The van der Waals surface area contributed by atoms with Crippen molar-refractivity contribution in [3.05, 3.63) is 0 Å². The van der Waals surface area contributed by atoms with Gasteiger partial charge < -0.3 is 5.32 Å². The predicted octanol–water partition coefficient (Wildman–Crippen LogP) is 1.39. The van der Waals surface area contributed by atoms with Crippen LogP contribution in [0.25, 0.3) is 0 Å². The second-order valence-electron chi connectivity index (χ2n) is 3.64. The van der Waals surface area contributed by atoms with Crippen molar-refractivity contribution >= 4 is 0 Å². The highest BCUT2D eigenvalue weighted by Crippen LogP contribution is 2.54. The van der Waals surface area contributed by atoms with Gasteiger partial charge in [-0.25, -0.2) is 0 Å². The Balaban J connectivity index is 2.55. The van der Waals surface area contributed by atoms with Crippen LogP contribution in [0.4, 0.5) is 0 Å². The van der Waals surface area contributed by atoms with Gasteiger partial charge in [0, 0.05) is 5.54 Å². The molecule has 0 aromatic rings. The van der Waals surface area contributed by atoms with Crippen LogP contribution < -0.4 is 5.32 Å². The zero-order valence-electron chi connectivity index (χ0n) is 6.21. The van der Waals surface area contributed by atoms with Gasteiger partial charge in [-0.1, -0.05) is 13.8 Å². The summed E-state index contributed by atoms with van der Waals surface area (Å²) in [7, 11) is 2.04. The fourth-order valence-corrected chi connectivity index (χ4v) is 1.27. The van der Waals surface area contributed by atoms with E-state index in [9.17, 15) is 0 Å². The van der Waals surface area contributed by atoms with Gasteiger partial charge >= 0.3 is 0 Å². The highest BCUT2D eigenvalue weighted by atomic mass is 15.0. The van der Waals surface area contributed by atoms with Crippen molar-refractivity contribution in [2.24, 2.45) is 5.41 Å². The normalized spacial score (nSPS) is 42.0. The van der Waals surface area contributed by atoms with Gasteiger partial charge in [0.2, 0.25) is 0 Å². The first-order chi connectivity index (χ1) is 3.52. The van der Waals surface area contributed by atoms with Crippen molar-refractivity contribution in [1.82, 2.24) is 5.32 Å². The van der Waals surface area contributed by atoms with Gasteiger partial charge in [0.1, 0.15) is 0 Å². The minimum Gasteiger partial charge on any atom is -0.314 e. The maximum Gasteiger partial charge on any atom is 0.0207 e. The first kappa shape index (κ1) is 6.09. The minimum atomic E-state index is 0.438. The molecule has 1 heteroatoms. The molecule has 1 fully saturated rings. The third-order valence-corrected chi connectivity index (χ3v) is 2.72. The second kappa shape index (κ2) is 1.27. The van der Waals surface area contributed by atoms with E-state index in [1.165, 1.54) is 6.42 Å². The molecule has 1 saturated carbocycles. The predicted molar refractivity (Wildman–Crippen MR) is 35.9 cm³/mol. The summed E-state index contributed by atoms with van der Waals surface area (Å²) in [4.78, 5) is 0. The fraction of sp³-hybridized carbons (Fsp3) is 1.00. The van der Waals surface area contributed by atoms with E-state index in [2.05, 4.69) is 26.1 Å². The van der Waals surface area contributed by atoms with Gasteiger partial charge in [0.15, 0.2) is 0 Å². The highest BCUT2D eigenvalue weighted by molar-refractivity contribution is 5.13. The van der Waals surface area contributed by atoms with Crippen LogP contribution in [0.5, 0.6) is 0 Å². The van der Waals surface area contributed by atoms with E-state index in [-0.39, 0.29) is 0 Å². The molecule has 48 valence electrons. The Morgan fingerprint density at radius 1 is 1.25 bits per heavy atom. The molecule has 0 aliphatic heterocycles. The molecular weight excluding hydrogens is 98.1 g/mol. The van der Waals surface area contributed by atoms with Crippen LogP contribution >= 0.6 is 0 Å². The first-order valence-corrected chi connectivity index (χ1v) is 3.21. The fourth-order valence-electron chi connectivity index (χ4n) is 1.27. The van der Waals surface area contributed by atoms with Crippen LogP contribution in [-0.4, -0.2) is 12.6 Å². The topological polar surface area (TPSA) is 12.0 Å². The third kappa shape index (κ3) is 0.576. The van der Waals surface area contributed by atoms with Crippen LogP contribution in [0.1, 0.15) is 27.2 Å². The maximum absolute atomic E-state index is 3.31. The van der Waals surface area contributed by atoms with Crippen molar-refractivity contribution in [3.8, 4) is 0 Å². The standard InChI is InChI=1S/C7H15N/c1-6(2)5-7(6,3)8-4/h8H,5H2,1-4H3. The molecule has 0 heterocycles. The molecule has 0 saturated heterocycles. The van der Waals surface area contributed by atoms with Gasteiger partial charge in [-0.2, -0.15) is 0 Å². The van der Waals surface area contributed by atoms with Crippen LogP contribution in [0.2, 0.25) is 0 Å². The highest BCUT2D eigenvalue weighted by Gasteiger charge is 2.56. The van der Waals surface area contributed by atoms with Crippen molar-refractivity contribution in [1.29, 1.82) is 0 Å². The van der Waals surface area contributed by atoms with Crippen molar-refractivity contribution in [3.63, 3.8) is 0 Å². The first-order valence-electron chi connectivity index (χ1n) is 3.21. The molecule has 8 heavy (non-hydrogen) atoms. The molecule has 0 aromatic heterocycles. The Kier molecular flexibility index (Phi) is 0.965. The smallest absolute Gasteiger partial charge is 0.0207 e. The average molecular weight is 113 g/mol. The molecule has 0 radical (unpaired) electrons. The summed E-state index contributed by atoms with van der Waals surface area (Å²) in [5.74, 6) is 0. The summed E-state index contributed by atoms with van der Waals surface area (Å²) < 4.78 is 0. The SMILES string of the molecule is CNC1(C)CC1(C)C. The summed E-state index contributed by atoms with van der Waals surface area (Å²) in [5, 5.41) is 3.31. The molecule has 0 bridgehead atoms. The monoisotopic (exact) mass is 113 g/mol. The van der Waals surface area contributed by atoms with Crippen LogP contribution in [0.15, 0.2) is 0 Å². The zero-order valence-corrected chi connectivity index (χ0v) is 6.21. The molecule has 0 amide bonds. The van der Waals surface area contributed by atoms with Gasteiger partial charge in [-0.3, -0.25) is 0 Å². The Labute approximate surface area is 51.5 Å². The van der Waals surface area contributed by atoms with Crippen LogP contribution in [0, 0.1) is 5.41 Å². The van der Waals surface area contributed by atoms with E-state index >= 15 is 0 Å². The average Bonchev–Trinajstić information content (AvgIpc) is 2.10. The van der Waals surface area contributed by atoms with E-state index in [4.69, 9.17) is 0 Å². The maximum atomic E-state index is 3.31. The van der Waals surface area contributed by atoms with Crippen molar-refractivity contribution in [2.75, 3.05) is 7.05 Å². The molecule has 1 N–H and O–H groups in total. The Morgan fingerprint density at radius 3 is 1.62 bits per heavy atom. The number of hydrogen-bond acceptors (Lipinski definition) is 1. The third-order valence-electron chi connectivity index (χ3n) is 2.72. The molecule has 1 rings (SSSR count). The van der Waals surface area contributed by atoms with E-state index < -0.39 is 0 Å². The lowest BCUT2D eigenvalue weighted by Gasteiger charge is -2.11. The lowest BCUT2D eigenvalue weighted by atomic mass is 10.1. The van der Waals surface area contributed by atoms with E-state index in [1.807, 2.05) is 7.05 Å². The summed E-state index contributed by atoms with van der Waals surface area (Å²) in [6.45, 7) is 6.86. The quantitative estimate of drug-likeness (QED) is 0.542. The van der Waals surface area contributed by atoms with Crippen molar-refractivity contribution < 1.29 is 0 Å². The zero-order chi connectivity index (χ0) is 6.41. The summed E-state index contributed by atoms with van der Waals surface area (Å²) in [5.41, 5.74) is 0.981. The van der Waals surface area contributed by atoms with Crippen LogP contribution in [-0.2, 0) is 0 Å². The summed E-state index contributed by atoms with van der Waals surface area (Å²) >= 11 is 0. The summed E-state index contributed by atoms with van der Waals surface area (Å²) in [6.07, 6.45) is 1.32. The summed E-state index contributed by atoms with van der Waals surface area (Å²) in [6, 6.07) is 0. The molecule has 0 spiro atoms. The van der Waals surface area contributed by atoms with E-state index in [1.54, 1.807) is 0 Å². The molecule has 1 unspecified atom stereocenters. The number of nitrogens with one attached hydrogen (secondary N) is 1. The molecule has 0 aromatic carbocycles. The van der Waals surface area contributed by atoms with Gasteiger partial charge in [0.05, 0.1) is 0 Å². The second-order valence-corrected chi connectivity index (χ2v) is 3.64. The largest absolute Gasteiger partial charge is 0.314 e. The Hall–Kier alpha value is -0.0400. The minimum absolute atomic E-state index is 0.438. The lowest BCUT2D eigenvalue weighted by Crippen LogP contribution is -2.28. The molecule has 1 nitrogen and oxygen atoms in total.